The van der Waals surface area contributed by atoms with Crippen LogP contribution >= 0.6 is 35.4 Å². The third kappa shape index (κ3) is 3.79. The molecule has 1 N–H and O–H groups in total. The zero-order valence-electron chi connectivity index (χ0n) is 13.4. The molecule has 0 saturated heterocycles. The van der Waals surface area contributed by atoms with Crippen LogP contribution in [0.15, 0.2) is 54.7 Å². The lowest BCUT2D eigenvalue weighted by Gasteiger charge is -2.18. The van der Waals surface area contributed by atoms with Crippen LogP contribution in [0.25, 0.3) is 5.69 Å². The van der Waals surface area contributed by atoms with Gasteiger partial charge in [-0.15, -0.1) is 0 Å². The maximum atomic E-state index is 12.9. The molecule has 0 unspecified atom stereocenters. The van der Waals surface area contributed by atoms with E-state index >= 15 is 0 Å². The summed E-state index contributed by atoms with van der Waals surface area (Å²) in [6.45, 7) is 0.405. The predicted octanol–water partition coefficient (Wildman–Crippen LogP) is 5.11. The van der Waals surface area contributed by atoms with Gasteiger partial charge >= 0.3 is 0 Å². The van der Waals surface area contributed by atoms with Gasteiger partial charge in [-0.2, -0.15) is 0 Å². The van der Waals surface area contributed by atoms with Crippen LogP contribution in [0, 0.1) is 4.77 Å². The highest BCUT2D eigenvalue weighted by Crippen LogP contribution is 2.23. The van der Waals surface area contributed by atoms with Crippen LogP contribution in [-0.2, 0) is 6.54 Å². The van der Waals surface area contributed by atoms with Gasteiger partial charge in [0.2, 0.25) is 0 Å². The van der Waals surface area contributed by atoms with E-state index in [-0.39, 0.29) is 5.91 Å². The van der Waals surface area contributed by atoms with E-state index in [1.165, 1.54) is 0 Å². The number of aromatic nitrogens is 2. The molecule has 0 saturated carbocycles. The number of carbonyl (C=O) groups excluding carboxylic acids is 1. The monoisotopic (exact) mass is 391 g/mol. The number of aromatic amines is 1. The molecule has 2 aromatic carbocycles. The molecule has 0 fully saturated rings. The van der Waals surface area contributed by atoms with E-state index in [0.29, 0.717) is 27.1 Å². The molecule has 0 bridgehead atoms. The number of hydrogen-bond donors (Lipinski definition) is 1. The van der Waals surface area contributed by atoms with Gasteiger partial charge in [0.05, 0.1) is 10.0 Å². The minimum absolute atomic E-state index is 0.151. The Balaban J connectivity index is 1.88. The summed E-state index contributed by atoms with van der Waals surface area (Å²) in [4.78, 5) is 17.4. The summed E-state index contributed by atoms with van der Waals surface area (Å²) < 4.78 is 2.20. The fourth-order valence-corrected chi connectivity index (χ4v) is 3.12. The first-order valence-corrected chi connectivity index (χ1v) is 8.69. The van der Waals surface area contributed by atoms with Crippen LogP contribution in [0.3, 0.4) is 0 Å². The number of amides is 1. The summed E-state index contributed by atoms with van der Waals surface area (Å²) >= 11 is 17.3. The Hall–Kier alpha value is -2.08. The van der Waals surface area contributed by atoms with E-state index in [9.17, 15) is 4.79 Å². The number of para-hydroxylation sites is 1. The van der Waals surface area contributed by atoms with Crippen molar-refractivity contribution >= 4 is 41.3 Å². The predicted molar refractivity (Wildman–Crippen MR) is 103 cm³/mol. The lowest BCUT2D eigenvalue weighted by atomic mass is 10.2. The smallest absolute Gasteiger partial charge is 0.272 e. The van der Waals surface area contributed by atoms with Crippen molar-refractivity contribution in [3.8, 4) is 5.69 Å². The zero-order chi connectivity index (χ0) is 18.0. The van der Waals surface area contributed by atoms with E-state index in [1.807, 2.05) is 36.4 Å². The Bertz CT molecular complexity index is 966. The van der Waals surface area contributed by atoms with Crippen LogP contribution in [0.1, 0.15) is 16.1 Å². The molecule has 7 heteroatoms. The van der Waals surface area contributed by atoms with Gasteiger partial charge < -0.3 is 9.88 Å². The Morgan fingerprint density at radius 1 is 1.16 bits per heavy atom. The van der Waals surface area contributed by atoms with Crippen LogP contribution in [-0.4, -0.2) is 27.4 Å². The van der Waals surface area contributed by atoms with Crippen molar-refractivity contribution in [3.63, 3.8) is 0 Å². The summed E-state index contributed by atoms with van der Waals surface area (Å²) in [5.41, 5.74) is 2.20. The van der Waals surface area contributed by atoms with E-state index in [0.717, 1.165) is 11.3 Å². The van der Waals surface area contributed by atoms with E-state index < -0.39 is 0 Å². The first kappa shape index (κ1) is 17.7. The van der Waals surface area contributed by atoms with Crippen molar-refractivity contribution in [2.45, 2.75) is 6.54 Å². The Morgan fingerprint density at radius 3 is 2.56 bits per heavy atom. The van der Waals surface area contributed by atoms with Gasteiger partial charge in [0, 0.05) is 25.5 Å². The minimum atomic E-state index is -0.151. The lowest BCUT2D eigenvalue weighted by Crippen LogP contribution is -2.28. The van der Waals surface area contributed by atoms with Gasteiger partial charge in [0.1, 0.15) is 5.69 Å². The molecule has 0 aliphatic carbocycles. The number of nitrogens with zero attached hydrogens (tertiary/aromatic N) is 2. The SMILES string of the molecule is CN(Cc1ccc(Cl)c(Cl)c1)C(=O)c1c[nH]c(=S)n1-c1ccccc1. The molecule has 1 amide bonds. The van der Waals surface area contributed by atoms with Gasteiger partial charge in [0.15, 0.2) is 4.77 Å². The van der Waals surface area contributed by atoms with Gasteiger partial charge in [-0.25, -0.2) is 0 Å². The fraction of sp³-hybridized carbons (Fsp3) is 0.111. The van der Waals surface area contributed by atoms with Crippen LogP contribution in [0.2, 0.25) is 10.0 Å². The normalized spacial score (nSPS) is 10.7. The quantitative estimate of drug-likeness (QED) is 0.627. The van der Waals surface area contributed by atoms with Crippen LogP contribution < -0.4 is 0 Å². The second-order valence-electron chi connectivity index (χ2n) is 5.56. The Kier molecular flexibility index (Phi) is 5.27. The average Bonchev–Trinajstić information content (AvgIpc) is 2.99. The van der Waals surface area contributed by atoms with Gasteiger partial charge in [-0.1, -0.05) is 47.5 Å². The summed E-state index contributed by atoms with van der Waals surface area (Å²) in [6.07, 6.45) is 1.63. The molecule has 4 nitrogen and oxygen atoms in total. The molecule has 3 aromatic rings. The molecule has 3 rings (SSSR count). The fourth-order valence-electron chi connectivity index (χ4n) is 2.54. The molecule has 25 heavy (non-hydrogen) atoms. The van der Waals surface area contributed by atoms with E-state index in [4.69, 9.17) is 35.4 Å². The van der Waals surface area contributed by atoms with Crippen molar-refractivity contribution in [2.24, 2.45) is 0 Å². The molecule has 0 aliphatic heterocycles. The van der Waals surface area contributed by atoms with E-state index in [2.05, 4.69) is 4.98 Å². The molecular formula is C18H15Cl2N3OS. The number of benzene rings is 2. The number of halogens is 2. The maximum absolute atomic E-state index is 12.9. The van der Waals surface area contributed by atoms with Crippen molar-refractivity contribution in [2.75, 3.05) is 7.05 Å². The number of rotatable bonds is 4. The third-order valence-corrected chi connectivity index (χ3v) is 4.80. The van der Waals surface area contributed by atoms with Crippen molar-refractivity contribution in [1.29, 1.82) is 0 Å². The molecular weight excluding hydrogens is 377 g/mol. The second-order valence-corrected chi connectivity index (χ2v) is 6.76. The van der Waals surface area contributed by atoms with Crippen molar-refractivity contribution in [1.82, 2.24) is 14.5 Å². The minimum Gasteiger partial charge on any atom is -0.336 e. The lowest BCUT2D eigenvalue weighted by molar-refractivity contribution is 0.0777. The topological polar surface area (TPSA) is 41.0 Å². The molecule has 128 valence electrons. The van der Waals surface area contributed by atoms with E-state index in [1.54, 1.807) is 34.8 Å². The maximum Gasteiger partial charge on any atom is 0.272 e. The van der Waals surface area contributed by atoms with Crippen molar-refractivity contribution in [3.05, 3.63) is 80.8 Å². The summed E-state index contributed by atoms with van der Waals surface area (Å²) in [7, 11) is 1.73. The molecule has 0 spiro atoms. The third-order valence-electron chi connectivity index (χ3n) is 3.76. The Labute approximate surface area is 160 Å². The summed E-state index contributed by atoms with van der Waals surface area (Å²) in [6, 6.07) is 14.8. The van der Waals surface area contributed by atoms with Crippen LogP contribution in [0.4, 0.5) is 0 Å². The zero-order valence-corrected chi connectivity index (χ0v) is 15.7. The highest BCUT2D eigenvalue weighted by Gasteiger charge is 2.18. The van der Waals surface area contributed by atoms with Crippen LogP contribution in [0.5, 0.6) is 0 Å². The highest BCUT2D eigenvalue weighted by molar-refractivity contribution is 7.71. The molecule has 0 radical (unpaired) electrons. The summed E-state index contributed by atoms with van der Waals surface area (Å²) in [5.74, 6) is -0.151. The number of H-pyrrole nitrogens is 1. The van der Waals surface area contributed by atoms with Crippen molar-refractivity contribution < 1.29 is 4.79 Å². The van der Waals surface area contributed by atoms with Gasteiger partial charge in [0.25, 0.3) is 5.91 Å². The number of imidazole rings is 1. The average molecular weight is 392 g/mol. The molecule has 1 aromatic heterocycles. The first-order valence-electron chi connectivity index (χ1n) is 7.52. The largest absolute Gasteiger partial charge is 0.336 e. The van der Waals surface area contributed by atoms with Gasteiger partial charge in [-0.05, 0) is 42.0 Å². The first-order chi connectivity index (χ1) is 12.0. The number of hydrogen-bond acceptors (Lipinski definition) is 2. The highest BCUT2D eigenvalue weighted by atomic mass is 35.5. The molecule has 0 atom stereocenters. The Morgan fingerprint density at radius 2 is 1.88 bits per heavy atom. The summed E-state index contributed by atoms with van der Waals surface area (Å²) in [5, 5.41) is 0.955. The van der Waals surface area contributed by atoms with Gasteiger partial charge in [-0.3, -0.25) is 9.36 Å². The molecule has 1 heterocycles. The number of carbonyl (C=O) groups is 1. The molecule has 0 aliphatic rings. The number of nitrogens with one attached hydrogen (secondary N) is 1. The standard InChI is InChI=1S/C18H15Cl2N3OS/c1-22(11-12-7-8-14(19)15(20)9-12)17(24)16-10-21-18(25)23(16)13-5-3-2-4-6-13/h2-10H,11H2,1H3,(H,21,25). The second kappa shape index (κ2) is 7.44.